The van der Waals surface area contributed by atoms with Gasteiger partial charge in [0.15, 0.2) is 0 Å². The number of pyridine rings is 1. The molecule has 0 aromatic carbocycles. The summed E-state index contributed by atoms with van der Waals surface area (Å²) in [5.74, 6) is 0. The van der Waals surface area contributed by atoms with Crippen LogP contribution >= 0.6 is 0 Å². The van der Waals surface area contributed by atoms with Crippen LogP contribution < -0.4 is 10.2 Å². The zero-order valence-corrected chi connectivity index (χ0v) is 13.7. The van der Waals surface area contributed by atoms with Crippen molar-refractivity contribution in [2.45, 2.75) is 52.6 Å². The summed E-state index contributed by atoms with van der Waals surface area (Å²) in [6.07, 6.45) is 6.17. The molecule has 0 aliphatic carbocycles. The maximum absolute atomic E-state index is 4.44. The molecule has 0 radical (unpaired) electrons. The van der Waals surface area contributed by atoms with Crippen molar-refractivity contribution in [2.24, 2.45) is 0 Å². The molecule has 112 valence electrons. The van der Waals surface area contributed by atoms with Crippen molar-refractivity contribution in [1.82, 2.24) is 10.3 Å². The molecule has 0 spiro atoms. The summed E-state index contributed by atoms with van der Waals surface area (Å²) in [7, 11) is 2.15. The van der Waals surface area contributed by atoms with Gasteiger partial charge >= 0.3 is 0 Å². The molecule has 0 bridgehead atoms. The van der Waals surface area contributed by atoms with E-state index in [0.29, 0.717) is 0 Å². The number of aryl methyl sites for hydroxylation is 1. The van der Waals surface area contributed by atoms with Gasteiger partial charge < -0.3 is 10.2 Å². The standard InChI is InChI=1S/C17H29N3/c1-7-8-9-10-20(6)16-11-14(2)18-12-15(16)13-19-17(3,4)5/h7,11-12,19H,1,8-10,13H2,2-6H3. The van der Waals surface area contributed by atoms with Gasteiger partial charge in [-0.15, -0.1) is 6.58 Å². The molecule has 20 heavy (non-hydrogen) atoms. The van der Waals surface area contributed by atoms with Gasteiger partial charge in [0.25, 0.3) is 0 Å². The average molecular weight is 275 g/mol. The second-order valence-corrected chi connectivity index (χ2v) is 6.41. The molecular weight excluding hydrogens is 246 g/mol. The summed E-state index contributed by atoms with van der Waals surface area (Å²) in [6, 6.07) is 2.17. The predicted molar refractivity (Wildman–Crippen MR) is 88.3 cm³/mol. The molecular formula is C17H29N3. The number of hydrogen-bond donors (Lipinski definition) is 1. The molecule has 1 N–H and O–H groups in total. The highest BCUT2D eigenvalue weighted by Gasteiger charge is 2.13. The van der Waals surface area contributed by atoms with Crippen LogP contribution in [0.15, 0.2) is 24.9 Å². The van der Waals surface area contributed by atoms with Crippen molar-refractivity contribution in [3.63, 3.8) is 0 Å². The molecule has 0 atom stereocenters. The molecule has 0 saturated carbocycles. The Morgan fingerprint density at radius 3 is 2.70 bits per heavy atom. The molecule has 3 heteroatoms. The van der Waals surface area contributed by atoms with Gasteiger partial charge in [0, 0.05) is 48.8 Å². The van der Waals surface area contributed by atoms with Crippen LogP contribution in [-0.4, -0.2) is 24.1 Å². The first-order chi connectivity index (χ1) is 9.33. The van der Waals surface area contributed by atoms with Gasteiger partial charge in [-0.05, 0) is 46.6 Å². The normalized spacial score (nSPS) is 11.4. The third kappa shape index (κ3) is 5.74. The molecule has 0 aliphatic heterocycles. The fourth-order valence-electron chi connectivity index (χ4n) is 2.02. The van der Waals surface area contributed by atoms with Gasteiger partial charge in [-0.25, -0.2) is 0 Å². The maximum atomic E-state index is 4.44. The molecule has 1 rings (SSSR count). The number of hydrogen-bond acceptors (Lipinski definition) is 3. The Balaban J connectivity index is 2.81. The first-order valence-corrected chi connectivity index (χ1v) is 7.36. The third-order valence-corrected chi connectivity index (χ3v) is 3.22. The highest BCUT2D eigenvalue weighted by molar-refractivity contribution is 5.53. The van der Waals surface area contributed by atoms with E-state index in [0.717, 1.165) is 31.6 Å². The van der Waals surface area contributed by atoms with Crippen LogP contribution in [0.1, 0.15) is 44.9 Å². The number of allylic oxidation sites excluding steroid dienone is 1. The minimum Gasteiger partial charge on any atom is -0.374 e. The summed E-state index contributed by atoms with van der Waals surface area (Å²) in [6.45, 7) is 14.3. The summed E-state index contributed by atoms with van der Waals surface area (Å²) in [5.41, 5.74) is 3.71. The lowest BCUT2D eigenvalue weighted by atomic mass is 10.1. The quantitative estimate of drug-likeness (QED) is 0.608. The highest BCUT2D eigenvalue weighted by atomic mass is 15.1. The van der Waals surface area contributed by atoms with Gasteiger partial charge in [0.2, 0.25) is 0 Å². The summed E-state index contributed by atoms with van der Waals surface area (Å²) >= 11 is 0. The van der Waals surface area contributed by atoms with E-state index in [4.69, 9.17) is 0 Å². The van der Waals surface area contributed by atoms with Gasteiger partial charge in [-0.3, -0.25) is 4.98 Å². The Labute approximate surface area is 124 Å². The van der Waals surface area contributed by atoms with Gasteiger partial charge in [-0.1, -0.05) is 6.08 Å². The van der Waals surface area contributed by atoms with E-state index in [1.807, 2.05) is 19.2 Å². The minimum absolute atomic E-state index is 0.115. The van der Waals surface area contributed by atoms with E-state index in [2.05, 4.69) is 55.7 Å². The lowest BCUT2D eigenvalue weighted by Crippen LogP contribution is -2.35. The second-order valence-electron chi connectivity index (χ2n) is 6.41. The van der Waals surface area contributed by atoms with Crippen molar-refractivity contribution in [1.29, 1.82) is 0 Å². The Bertz CT molecular complexity index is 432. The van der Waals surface area contributed by atoms with Gasteiger partial charge in [0.05, 0.1) is 0 Å². The fourth-order valence-corrected chi connectivity index (χ4v) is 2.02. The second kappa shape index (κ2) is 7.44. The molecule has 1 heterocycles. The number of anilines is 1. The zero-order chi connectivity index (χ0) is 15.2. The SMILES string of the molecule is C=CCCCN(C)c1cc(C)ncc1CNC(C)(C)C. The summed E-state index contributed by atoms with van der Waals surface area (Å²) in [5, 5.41) is 3.54. The van der Waals surface area contributed by atoms with E-state index < -0.39 is 0 Å². The van der Waals surface area contributed by atoms with E-state index in [1.54, 1.807) is 0 Å². The van der Waals surface area contributed by atoms with Crippen LogP contribution in [0, 0.1) is 6.92 Å². The van der Waals surface area contributed by atoms with E-state index in [-0.39, 0.29) is 5.54 Å². The van der Waals surface area contributed by atoms with Gasteiger partial charge in [0.1, 0.15) is 0 Å². The lowest BCUT2D eigenvalue weighted by Gasteiger charge is -2.25. The van der Waals surface area contributed by atoms with Crippen LogP contribution in [0.4, 0.5) is 5.69 Å². The Kier molecular flexibility index (Phi) is 6.21. The zero-order valence-electron chi connectivity index (χ0n) is 13.7. The van der Waals surface area contributed by atoms with Crippen LogP contribution in [0.5, 0.6) is 0 Å². The number of unbranched alkanes of at least 4 members (excludes halogenated alkanes) is 1. The first-order valence-electron chi connectivity index (χ1n) is 7.36. The molecule has 0 aliphatic rings. The average Bonchev–Trinajstić information content (AvgIpc) is 2.36. The lowest BCUT2D eigenvalue weighted by molar-refractivity contribution is 0.424. The van der Waals surface area contributed by atoms with E-state index in [9.17, 15) is 0 Å². The minimum atomic E-state index is 0.115. The summed E-state index contributed by atoms with van der Waals surface area (Å²) in [4.78, 5) is 6.75. The largest absolute Gasteiger partial charge is 0.374 e. The fraction of sp³-hybridized carbons (Fsp3) is 0.588. The van der Waals surface area contributed by atoms with Crippen molar-refractivity contribution >= 4 is 5.69 Å². The van der Waals surface area contributed by atoms with Crippen molar-refractivity contribution in [2.75, 3.05) is 18.5 Å². The first kappa shape index (κ1) is 16.7. The van der Waals surface area contributed by atoms with Crippen molar-refractivity contribution in [3.8, 4) is 0 Å². The predicted octanol–water partition coefficient (Wildman–Crippen LogP) is 3.68. The number of nitrogens with one attached hydrogen (secondary N) is 1. The number of rotatable bonds is 7. The van der Waals surface area contributed by atoms with Crippen LogP contribution in [0.3, 0.4) is 0 Å². The Morgan fingerprint density at radius 2 is 2.10 bits per heavy atom. The van der Waals surface area contributed by atoms with Crippen LogP contribution in [0.2, 0.25) is 0 Å². The van der Waals surface area contributed by atoms with Crippen molar-refractivity contribution < 1.29 is 0 Å². The van der Waals surface area contributed by atoms with Crippen molar-refractivity contribution in [3.05, 3.63) is 36.2 Å². The molecule has 0 saturated heterocycles. The highest BCUT2D eigenvalue weighted by Crippen LogP contribution is 2.21. The molecule has 3 nitrogen and oxygen atoms in total. The maximum Gasteiger partial charge on any atom is 0.0442 e. The number of aromatic nitrogens is 1. The number of nitrogens with zero attached hydrogens (tertiary/aromatic N) is 2. The monoisotopic (exact) mass is 275 g/mol. The smallest absolute Gasteiger partial charge is 0.0442 e. The topological polar surface area (TPSA) is 28.2 Å². The Morgan fingerprint density at radius 1 is 1.40 bits per heavy atom. The van der Waals surface area contributed by atoms with Crippen LogP contribution in [-0.2, 0) is 6.54 Å². The molecule has 1 aromatic heterocycles. The third-order valence-electron chi connectivity index (χ3n) is 3.22. The van der Waals surface area contributed by atoms with Crippen LogP contribution in [0.25, 0.3) is 0 Å². The van der Waals surface area contributed by atoms with Gasteiger partial charge in [-0.2, -0.15) is 0 Å². The molecule has 0 fully saturated rings. The molecule has 0 unspecified atom stereocenters. The summed E-state index contributed by atoms with van der Waals surface area (Å²) < 4.78 is 0. The van der Waals surface area contributed by atoms with E-state index in [1.165, 1.54) is 11.3 Å². The van der Waals surface area contributed by atoms with E-state index >= 15 is 0 Å². The Hall–Kier alpha value is -1.35. The molecule has 0 amide bonds. The molecule has 1 aromatic rings.